The molecule has 1 amide bonds. The number of nitrogens with one attached hydrogen (secondary N) is 1. The van der Waals surface area contributed by atoms with E-state index < -0.39 is 18.5 Å². The SMILES string of the molecule is CCn1c(N)c(C(=O)NC)c(=O)c2ccc(B(O)O)nc21. The quantitative estimate of drug-likeness (QED) is 0.485. The largest absolute Gasteiger partial charge is 0.508 e. The fourth-order valence-corrected chi connectivity index (χ4v) is 2.15. The number of hydrogen-bond acceptors (Lipinski definition) is 6. The number of amides is 1. The van der Waals surface area contributed by atoms with Gasteiger partial charge in [-0.2, -0.15) is 0 Å². The molecule has 0 fully saturated rings. The van der Waals surface area contributed by atoms with Crippen molar-refractivity contribution in [1.29, 1.82) is 0 Å². The average molecular weight is 290 g/mol. The Morgan fingerprint density at radius 1 is 1.48 bits per heavy atom. The second-order valence-electron chi connectivity index (χ2n) is 4.39. The summed E-state index contributed by atoms with van der Waals surface area (Å²) in [5.41, 5.74) is 5.41. The van der Waals surface area contributed by atoms with Crippen molar-refractivity contribution in [3.05, 3.63) is 27.9 Å². The highest BCUT2D eigenvalue weighted by Gasteiger charge is 2.22. The Morgan fingerprint density at radius 3 is 2.67 bits per heavy atom. The molecule has 0 aliphatic carbocycles. The molecule has 5 N–H and O–H groups in total. The number of anilines is 1. The van der Waals surface area contributed by atoms with Crippen LogP contribution in [0.25, 0.3) is 11.0 Å². The summed E-state index contributed by atoms with van der Waals surface area (Å²) in [6, 6.07) is 2.72. The van der Waals surface area contributed by atoms with Gasteiger partial charge >= 0.3 is 7.12 Å². The van der Waals surface area contributed by atoms with Crippen molar-refractivity contribution in [1.82, 2.24) is 14.9 Å². The first-order valence-corrected chi connectivity index (χ1v) is 6.33. The molecule has 0 spiro atoms. The van der Waals surface area contributed by atoms with Crippen LogP contribution in [-0.2, 0) is 6.54 Å². The van der Waals surface area contributed by atoms with Crippen molar-refractivity contribution in [2.24, 2.45) is 0 Å². The monoisotopic (exact) mass is 290 g/mol. The molecule has 2 aromatic rings. The zero-order chi connectivity index (χ0) is 15.7. The third kappa shape index (κ3) is 2.37. The third-order valence-corrected chi connectivity index (χ3v) is 3.21. The number of nitrogen functional groups attached to an aromatic ring is 1. The van der Waals surface area contributed by atoms with Gasteiger partial charge in [-0.1, -0.05) is 0 Å². The fourth-order valence-electron chi connectivity index (χ4n) is 2.15. The molecule has 9 heteroatoms. The smallest absolute Gasteiger partial charge is 0.422 e. The van der Waals surface area contributed by atoms with E-state index >= 15 is 0 Å². The van der Waals surface area contributed by atoms with Crippen LogP contribution < -0.4 is 22.1 Å². The first-order valence-electron chi connectivity index (χ1n) is 6.33. The average Bonchev–Trinajstić information content (AvgIpc) is 2.46. The molecule has 2 rings (SSSR count). The maximum atomic E-state index is 12.4. The van der Waals surface area contributed by atoms with E-state index in [1.54, 1.807) is 6.92 Å². The summed E-state index contributed by atoms with van der Waals surface area (Å²) >= 11 is 0. The Labute approximate surface area is 120 Å². The minimum Gasteiger partial charge on any atom is -0.422 e. The van der Waals surface area contributed by atoms with Crippen LogP contribution in [0.1, 0.15) is 17.3 Å². The molecule has 0 bridgehead atoms. The molecule has 0 aliphatic rings. The summed E-state index contributed by atoms with van der Waals surface area (Å²) in [6.07, 6.45) is 0. The first-order chi connectivity index (χ1) is 9.92. The Bertz CT molecular complexity index is 772. The number of hydrogen-bond donors (Lipinski definition) is 4. The van der Waals surface area contributed by atoms with Crippen LogP contribution in [0.4, 0.5) is 5.82 Å². The molecule has 2 aromatic heterocycles. The van der Waals surface area contributed by atoms with Gasteiger partial charge in [0.25, 0.3) is 5.91 Å². The summed E-state index contributed by atoms with van der Waals surface area (Å²) in [7, 11) is -0.347. The van der Waals surface area contributed by atoms with E-state index in [2.05, 4.69) is 10.3 Å². The summed E-state index contributed by atoms with van der Waals surface area (Å²) in [5.74, 6) is -0.584. The second-order valence-corrected chi connectivity index (χ2v) is 4.39. The predicted molar refractivity (Wildman–Crippen MR) is 79.3 cm³/mol. The molecule has 0 saturated heterocycles. The zero-order valence-electron chi connectivity index (χ0n) is 11.6. The van der Waals surface area contributed by atoms with E-state index in [1.807, 2.05) is 0 Å². The molecule has 2 heterocycles. The predicted octanol–water partition coefficient (Wildman–Crippen LogP) is -1.96. The summed E-state index contributed by atoms with van der Waals surface area (Å²) in [5, 5.41) is 20.9. The number of aryl methyl sites for hydroxylation is 1. The molecule has 0 radical (unpaired) electrons. The fraction of sp³-hybridized carbons (Fsp3) is 0.250. The van der Waals surface area contributed by atoms with Crippen LogP contribution in [-0.4, -0.2) is 39.7 Å². The molecule has 0 unspecified atom stereocenters. The zero-order valence-corrected chi connectivity index (χ0v) is 11.6. The van der Waals surface area contributed by atoms with E-state index in [9.17, 15) is 19.6 Å². The number of nitrogens with two attached hydrogens (primary N) is 1. The number of rotatable bonds is 3. The van der Waals surface area contributed by atoms with Gasteiger partial charge < -0.3 is 25.7 Å². The van der Waals surface area contributed by atoms with Gasteiger partial charge in [0.2, 0.25) is 5.43 Å². The second kappa shape index (κ2) is 5.54. The van der Waals surface area contributed by atoms with Gasteiger partial charge in [-0.25, -0.2) is 4.98 Å². The molecule has 21 heavy (non-hydrogen) atoms. The number of carbonyl (C=O) groups excluding carboxylic acids is 1. The van der Waals surface area contributed by atoms with Crippen molar-refractivity contribution in [3.63, 3.8) is 0 Å². The highest BCUT2D eigenvalue weighted by atomic mass is 16.4. The highest BCUT2D eigenvalue weighted by Crippen LogP contribution is 2.16. The van der Waals surface area contributed by atoms with Gasteiger partial charge in [0, 0.05) is 13.6 Å². The highest BCUT2D eigenvalue weighted by molar-refractivity contribution is 6.57. The Balaban J connectivity index is 2.92. The topological polar surface area (TPSA) is 130 Å². The standard InChI is InChI=1S/C12H15BN4O4/c1-3-17-10(14)8(12(19)15-2)9(18)6-4-5-7(13(20)21)16-11(6)17/h4-5,20-21H,3,14H2,1-2H3,(H,15,19). The van der Waals surface area contributed by atoms with Gasteiger partial charge in [0.15, 0.2) is 0 Å². The van der Waals surface area contributed by atoms with E-state index in [-0.39, 0.29) is 28.0 Å². The number of pyridine rings is 2. The Hall–Kier alpha value is -2.39. The molecule has 110 valence electrons. The maximum absolute atomic E-state index is 12.4. The lowest BCUT2D eigenvalue weighted by Crippen LogP contribution is -2.35. The van der Waals surface area contributed by atoms with E-state index in [0.717, 1.165) is 0 Å². The van der Waals surface area contributed by atoms with Crippen molar-refractivity contribution in [2.75, 3.05) is 12.8 Å². The van der Waals surface area contributed by atoms with Crippen LogP contribution in [0, 0.1) is 0 Å². The Kier molecular flexibility index (Phi) is 3.96. The lowest BCUT2D eigenvalue weighted by molar-refractivity contribution is 0.0962. The van der Waals surface area contributed by atoms with Crippen molar-refractivity contribution in [2.45, 2.75) is 13.5 Å². The van der Waals surface area contributed by atoms with Gasteiger partial charge in [-0.3, -0.25) is 9.59 Å². The van der Waals surface area contributed by atoms with Gasteiger partial charge in [0.05, 0.1) is 11.0 Å². The molecular weight excluding hydrogens is 275 g/mol. The minimum absolute atomic E-state index is 0.00352. The van der Waals surface area contributed by atoms with Gasteiger partial charge in [-0.05, 0) is 19.1 Å². The van der Waals surface area contributed by atoms with Crippen molar-refractivity contribution >= 4 is 35.5 Å². The van der Waals surface area contributed by atoms with Crippen LogP contribution in [0.2, 0.25) is 0 Å². The number of aromatic nitrogens is 2. The molecule has 0 aliphatic heterocycles. The van der Waals surface area contributed by atoms with Gasteiger partial charge in [0.1, 0.15) is 17.0 Å². The molecule has 8 nitrogen and oxygen atoms in total. The van der Waals surface area contributed by atoms with E-state index in [4.69, 9.17) is 5.73 Å². The summed E-state index contributed by atoms with van der Waals surface area (Å²) in [6.45, 7) is 2.14. The number of fused-ring (bicyclic) bond motifs is 1. The van der Waals surface area contributed by atoms with E-state index in [1.165, 1.54) is 23.7 Å². The first kappa shape index (κ1) is 15.0. The Morgan fingerprint density at radius 2 is 2.14 bits per heavy atom. The van der Waals surface area contributed by atoms with Crippen LogP contribution in [0.3, 0.4) is 0 Å². The summed E-state index contributed by atoms with van der Waals surface area (Å²) in [4.78, 5) is 28.3. The normalized spacial score (nSPS) is 10.7. The van der Waals surface area contributed by atoms with E-state index in [0.29, 0.717) is 6.54 Å². The van der Waals surface area contributed by atoms with Crippen LogP contribution >= 0.6 is 0 Å². The number of carbonyl (C=O) groups is 1. The minimum atomic E-state index is -1.75. The van der Waals surface area contributed by atoms with Crippen molar-refractivity contribution in [3.8, 4) is 0 Å². The molecule has 0 atom stereocenters. The van der Waals surface area contributed by atoms with Crippen molar-refractivity contribution < 1.29 is 14.8 Å². The maximum Gasteiger partial charge on any atom is 0.508 e. The lowest BCUT2D eigenvalue weighted by Gasteiger charge is -2.15. The lowest BCUT2D eigenvalue weighted by atomic mass is 9.85. The summed E-state index contributed by atoms with van der Waals surface area (Å²) < 4.78 is 1.48. The molecular formula is C12H15BN4O4. The van der Waals surface area contributed by atoms with Crippen LogP contribution in [0.15, 0.2) is 16.9 Å². The van der Waals surface area contributed by atoms with Crippen LogP contribution in [0.5, 0.6) is 0 Å². The van der Waals surface area contributed by atoms with Gasteiger partial charge in [-0.15, -0.1) is 0 Å². The molecule has 0 aromatic carbocycles. The number of nitrogens with zero attached hydrogens (tertiary/aromatic N) is 2. The third-order valence-electron chi connectivity index (χ3n) is 3.21. The molecule has 0 saturated carbocycles.